The van der Waals surface area contributed by atoms with Crippen molar-refractivity contribution in [2.45, 2.75) is 0 Å². The topological polar surface area (TPSA) is 56.7 Å². The summed E-state index contributed by atoms with van der Waals surface area (Å²) in [6, 6.07) is 67.4. The minimum absolute atomic E-state index is 0.592. The summed E-state index contributed by atoms with van der Waals surface area (Å²) in [5.41, 5.74) is 12.2. The predicted octanol–water partition coefficient (Wildman–Crippen LogP) is 13.2. The number of furan rings is 1. The van der Waals surface area contributed by atoms with Gasteiger partial charge in [-0.3, -0.25) is 0 Å². The maximum atomic E-state index is 6.91. The van der Waals surface area contributed by atoms with Crippen molar-refractivity contribution in [2.24, 2.45) is 0 Å². The van der Waals surface area contributed by atoms with Crippen molar-refractivity contribution < 1.29 is 4.42 Å². The Morgan fingerprint density at radius 2 is 0.911 bits per heavy atom. The number of hydrogen-bond acceptors (Lipinski definition) is 4. The summed E-state index contributed by atoms with van der Waals surface area (Å²) in [7, 11) is 0. The molecule has 11 aromatic rings. The first kappa shape index (κ1) is 31.9. The van der Waals surface area contributed by atoms with Crippen LogP contribution in [0.2, 0.25) is 0 Å². The average Bonchev–Trinajstić information content (AvgIpc) is 3.83. The molecule has 0 aliphatic carbocycles. The van der Waals surface area contributed by atoms with Gasteiger partial charge in [0.25, 0.3) is 0 Å². The first-order valence-corrected chi connectivity index (χ1v) is 18.8. The Kier molecular flexibility index (Phi) is 7.42. The fourth-order valence-corrected chi connectivity index (χ4v) is 8.03. The van der Waals surface area contributed by atoms with Crippen molar-refractivity contribution in [1.29, 1.82) is 0 Å². The molecule has 0 aliphatic heterocycles. The van der Waals surface area contributed by atoms with Gasteiger partial charge in [0.1, 0.15) is 5.58 Å². The molecule has 5 heteroatoms. The summed E-state index contributed by atoms with van der Waals surface area (Å²) in [5, 5.41) is 4.32. The Morgan fingerprint density at radius 3 is 1.55 bits per heavy atom. The van der Waals surface area contributed by atoms with E-state index >= 15 is 0 Å². The first-order chi connectivity index (χ1) is 27.8. The van der Waals surface area contributed by atoms with Crippen molar-refractivity contribution in [3.05, 3.63) is 194 Å². The zero-order valence-electron chi connectivity index (χ0n) is 30.2. The molecule has 0 spiro atoms. The number of rotatable bonds is 6. The molecular weight excluding hydrogens is 685 g/mol. The van der Waals surface area contributed by atoms with Crippen molar-refractivity contribution in [3.8, 4) is 62.1 Å². The Balaban J connectivity index is 1.16. The normalized spacial score (nSPS) is 11.6. The summed E-state index contributed by atoms with van der Waals surface area (Å²) >= 11 is 0. The van der Waals surface area contributed by atoms with Gasteiger partial charge in [-0.25, -0.2) is 15.0 Å². The molecule has 0 saturated heterocycles. The van der Waals surface area contributed by atoms with Crippen LogP contribution in [0.25, 0.3) is 106 Å². The lowest BCUT2D eigenvalue weighted by Gasteiger charge is -2.10. The van der Waals surface area contributed by atoms with Gasteiger partial charge in [0.2, 0.25) is 0 Å². The van der Waals surface area contributed by atoms with Crippen molar-refractivity contribution in [1.82, 2.24) is 19.5 Å². The second-order valence-electron chi connectivity index (χ2n) is 14.0. The van der Waals surface area contributed by atoms with E-state index in [9.17, 15) is 0 Å². The number of benzene rings is 8. The number of hydrogen-bond donors (Lipinski definition) is 0. The lowest BCUT2D eigenvalue weighted by Crippen LogP contribution is -2.00. The predicted molar refractivity (Wildman–Crippen MR) is 229 cm³/mol. The number of aromatic nitrogens is 4. The van der Waals surface area contributed by atoms with Gasteiger partial charge in [0, 0.05) is 38.2 Å². The highest BCUT2D eigenvalue weighted by atomic mass is 16.3. The highest BCUT2D eigenvalue weighted by Gasteiger charge is 2.22. The Labute approximate surface area is 322 Å². The van der Waals surface area contributed by atoms with Crippen LogP contribution in [-0.2, 0) is 0 Å². The quantitative estimate of drug-likeness (QED) is 0.172. The molecule has 11 rings (SSSR count). The smallest absolute Gasteiger partial charge is 0.164 e. The van der Waals surface area contributed by atoms with Gasteiger partial charge in [-0.05, 0) is 52.6 Å². The highest BCUT2D eigenvalue weighted by Crippen LogP contribution is 2.42. The van der Waals surface area contributed by atoms with E-state index in [1.807, 2.05) is 72.8 Å². The fourth-order valence-electron chi connectivity index (χ4n) is 8.03. The van der Waals surface area contributed by atoms with Crippen LogP contribution in [0.15, 0.2) is 199 Å². The van der Waals surface area contributed by atoms with Gasteiger partial charge in [0.05, 0.1) is 16.7 Å². The summed E-state index contributed by atoms with van der Waals surface area (Å²) < 4.78 is 9.27. The Hall–Kier alpha value is -7.63. The summed E-state index contributed by atoms with van der Waals surface area (Å²) in [6.07, 6.45) is 0. The van der Waals surface area contributed by atoms with E-state index < -0.39 is 0 Å². The average molecular weight is 717 g/mol. The molecule has 262 valence electrons. The number of para-hydroxylation sites is 1. The van der Waals surface area contributed by atoms with Crippen molar-refractivity contribution in [2.75, 3.05) is 0 Å². The van der Waals surface area contributed by atoms with Gasteiger partial charge in [-0.15, -0.1) is 0 Å². The lowest BCUT2D eigenvalue weighted by atomic mass is 10.0. The van der Waals surface area contributed by atoms with Crippen molar-refractivity contribution >= 4 is 43.7 Å². The van der Waals surface area contributed by atoms with Crippen LogP contribution in [0.1, 0.15) is 0 Å². The standard InChI is InChI=1S/C51H32N4O/c1-5-15-33(16-6-1)37-28-30-43-42(31-37)39-29-27-38(34-17-7-2-8-18-34)32-45(39)55(43)44-25-13-23-40-47-41(24-14-26-46(47)56-48(40)44)51-53-49(35-19-9-3-10-20-35)52-50(54-51)36-21-11-4-12-22-36/h1-32H. The SMILES string of the molecule is c1ccc(-c2ccc3c(c2)c2ccc(-c4ccccc4)cc2n3-c2cccc3c2oc2cccc(-c4nc(-c5ccccc5)nc(-c5ccccc5)n4)c23)cc1. The monoisotopic (exact) mass is 716 g/mol. The van der Waals surface area contributed by atoms with Crippen LogP contribution in [0.4, 0.5) is 0 Å². The molecule has 5 nitrogen and oxygen atoms in total. The van der Waals surface area contributed by atoms with Gasteiger partial charge in [-0.1, -0.05) is 164 Å². The minimum atomic E-state index is 0.592. The molecule has 0 saturated carbocycles. The Bertz CT molecular complexity index is 3170. The van der Waals surface area contributed by atoms with E-state index in [2.05, 4.69) is 126 Å². The molecule has 8 aromatic carbocycles. The largest absolute Gasteiger partial charge is 0.454 e. The summed E-state index contributed by atoms with van der Waals surface area (Å²) in [5.74, 6) is 1.83. The molecule has 0 amide bonds. The second-order valence-corrected chi connectivity index (χ2v) is 14.0. The minimum Gasteiger partial charge on any atom is -0.454 e. The third-order valence-corrected chi connectivity index (χ3v) is 10.7. The zero-order chi connectivity index (χ0) is 37.0. The van der Waals surface area contributed by atoms with E-state index in [0.29, 0.717) is 17.5 Å². The van der Waals surface area contributed by atoms with Gasteiger partial charge in [0.15, 0.2) is 23.1 Å². The van der Waals surface area contributed by atoms with Crippen LogP contribution < -0.4 is 0 Å². The summed E-state index contributed by atoms with van der Waals surface area (Å²) in [4.78, 5) is 15.1. The molecule has 0 aliphatic rings. The molecule has 0 fully saturated rings. The molecule has 56 heavy (non-hydrogen) atoms. The fraction of sp³-hybridized carbons (Fsp3) is 0. The maximum Gasteiger partial charge on any atom is 0.164 e. The van der Waals surface area contributed by atoms with Gasteiger partial charge < -0.3 is 8.98 Å². The van der Waals surface area contributed by atoms with Crippen LogP contribution in [-0.4, -0.2) is 19.5 Å². The number of nitrogens with zero attached hydrogens (tertiary/aromatic N) is 4. The molecule has 0 N–H and O–H groups in total. The number of fused-ring (bicyclic) bond motifs is 6. The molecule has 0 unspecified atom stereocenters. The van der Waals surface area contributed by atoms with Gasteiger partial charge >= 0.3 is 0 Å². The van der Waals surface area contributed by atoms with Crippen LogP contribution in [0.5, 0.6) is 0 Å². The molecule has 0 radical (unpaired) electrons. The van der Waals surface area contributed by atoms with Crippen LogP contribution in [0.3, 0.4) is 0 Å². The third kappa shape index (κ3) is 5.29. The molecule has 3 aromatic heterocycles. The van der Waals surface area contributed by atoms with E-state index in [1.165, 1.54) is 27.5 Å². The third-order valence-electron chi connectivity index (χ3n) is 10.7. The maximum absolute atomic E-state index is 6.91. The van der Waals surface area contributed by atoms with Crippen LogP contribution >= 0.6 is 0 Å². The molecule has 0 bridgehead atoms. The first-order valence-electron chi connectivity index (χ1n) is 18.8. The van der Waals surface area contributed by atoms with E-state index in [-0.39, 0.29) is 0 Å². The Morgan fingerprint density at radius 1 is 0.357 bits per heavy atom. The molecule has 0 atom stereocenters. The lowest BCUT2D eigenvalue weighted by molar-refractivity contribution is 0.666. The molecule has 3 heterocycles. The van der Waals surface area contributed by atoms with E-state index in [4.69, 9.17) is 19.4 Å². The second kappa shape index (κ2) is 13.0. The highest BCUT2D eigenvalue weighted by molar-refractivity contribution is 6.16. The zero-order valence-corrected chi connectivity index (χ0v) is 30.2. The van der Waals surface area contributed by atoms with E-state index in [0.717, 1.165) is 60.9 Å². The van der Waals surface area contributed by atoms with Gasteiger partial charge in [-0.2, -0.15) is 0 Å². The van der Waals surface area contributed by atoms with Crippen LogP contribution in [0, 0.1) is 0 Å². The van der Waals surface area contributed by atoms with E-state index in [1.54, 1.807) is 0 Å². The summed E-state index contributed by atoms with van der Waals surface area (Å²) in [6.45, 7) is 0. The van der Waals surface area contributed by atoms with Crippen molar-refractivity contribution in [3.63, 3.8) is 0 Å². The molecular formula is C51H32N4O.